The zero-order valence-electron chi connectivity index (χ0n) is 12.8. The van der Waals surface area contributed by atoms with Crippen LogP contribution in [0.25, 0.3) is 0 Å². The Kier molecular flexibility index (Phi) is 3.55. The van der Waals surface area contributed by atoms with Crippen LogP contribution in [0, 0.1) is 0 Å². The summed E-state index contributed by atoms with van der Waals surface area (Å²) in [4.78, 5) is 19.4. The van der Waals surface area contributed by atoms with Crippen molar-refractivity contribution >= 4 is 6.09 Å². The highest BCUT2D eigenvalue weighted by molar-refractivity contribution is 5.69. The molecule has 0 radical (unpaired) electrons. The van der Waals surface area contributed by atoms with Crippen molar-refractivity contribution in [1.29, 1.82) is 0 Å². The van der Waals surface area contributed by atoms with Gasteiger partial charge in [0.05, 0.1) is 12.4 Å². The molecule has 1 saturated heterocycles. The smallest absolute Gasteiger partial charge is 0.410 e. The minimum absolute atomic E-state index is 0.221. The maximum Gasteiger partial charge on any atom is 0.410 e. The highest BCUT2D eigenvalue weighted by Gasteiger charge is 2.39. The molecular weight excluding hydrogens is 288 g/mol. The van der Waals surface area contributed by atoms with Crippen LogP contribution in [0.1, 0.15) is 44.9 Å². The van der Waals surface area contributed by atoms with E-state index in [-0.39, 0.29) is 12.1 Å². The van der Waals surface area contributed by atoms with Crippen molar-refractivity contribution in [2.24, 2.45) is 0 Å². The summed E-state index contributed by atoms with van der Waals surface area (Å²) < 4.78 is 10.6. The van der Waals surface area contributed by atoms with Crippen molar-refractivity contribution in [3.8, 4) is 0 Å². The van der Waals surface area contributed by atoms with Crippen LogP contribution in [0.5, 0.6) is 0 Å². The summed E-state index contributed by atoms with van der Waals surface area (Å²) in [5, 5.41) is 11.9. The van der Waals surface area contributed by atoms with E-state index >= 15 is 0 Å². The third kappa shape index (κ3) is 3.07. The van der Waals surface area contributed by atoms with Gasteiger partial charge >= 0.3 is 6.09 Å². The third-order valence-corrected chi connectivity index (χ3v) is 3.17. The minimum Gasteiger partial charge on any atom is -0.444 e. The Morgan fingerprint density at radius 2 is 2.14 bits per heavy atom. The average molecular weight is 306 g/mol. The summed E-state index contributed by atoms with van der Waals surface area (Å²) >= 11 is 0. The Morgan fingerprint density at radius 3 is 2.73 bits per heavy atom. The van der Waals surface area contributed by atoms with Gasteiger partial charge in [0.15, 0.2) is 5.82 Å². The molecule has 2 aromatic rings. The number of amides is 1. The molecule has 22 heavy (non-hydrogen) atoms. The van der Waals surface area contributed by atoms with Gasteiger partial charge in [-0.05, 0) is 27.2 Å². The fraction of sp³-hybridized carbons (Fsp3) is 0.615. The molecule has 1 atom stereocenters. The summed E-state index contributed by atoms with van der Waals surface area (Å²) in [6.45, 7) is 6.46. The highest BCUT2D eigenvalue weighted by atomic mass is 16.6. The van der Waals surface area contributed by atoms with Gasteiger partial charge in [-0.25, -0.2) is 4.79 Å². The predicted molar refractivity (Wildman–Crippen MR) is 73.7 cm³/mol. The van der Waals surface area contributed by atoms with Crippen LogP contribution >= 0.6 is 0 Å². The Balaban J connectivity index is 1.65. The summed E-state index contributed by atoms with van der Waals surface area (Å²) in [7, 11) is 0. The number of carbonyl (C=O) groups is 1. The topological polar surface area (TPSA) is 99.2 Å². The van der Waals surface area contributed by atoms with Crippen LogP contribution in [-0.2, 0) is 11.3 Å². The predicted octanol–water partition coefficient (Wildman–Crippen LogP) is 1.39. The molecule has 0 spiro atoms. The highest BCUT2D eigenvalue weighted by Crippen LogP contribution is 2.33. The molecule has 1 amide bonds. The van der Waals surface area contributed by atoms with Crippen molar-refractivity contribution in [2.45, 2.75) is 45.4 Å². The number of likely N-dealkylation sites (tertiary alicyclic amines) is 1. The molecule has 0 bridgehead atoms. The van der Waals surface area contributed by atoms with Crippen LogP contribution in [0.2, 0.25) is 0 Å². The zero-order valence-corrected chi connectivity index (χ0v) is 12.8. The van der Waals surface area contributed by atoms with Crippen LogP contribution in [0.4, 0.5) is 4.79 Å². The number of carbonyl (C=O) groups excluding carboxylic acids is 1. The standard InChI is InChI=1S/C13H18N6O3/c1-13(2,3)21-12(20)18-7-4-9(18)11-16-10(17-22-11)8-19-14-5-6-15-19/h5-6,9H,4,7-8H2,1-3H3/t9-/m1/s1. The van der Waals surface area contributed by atoms with E-state index in [0.29, 0.717) is 24.8 Å². The average Bonchev–Trinajstić information content (AvgIpc) is 2.98. The molecule has 0 aromatic carbocycles. The Bertz CT molecular complexity index is 645. The summed E-state index contributed by atoms with van der Waals surface area (Å²) in [6, 6.07) is -0.221. The second kappa shape index (κ2) is 5.39. The Hall–Kier alpha value is -2.45. The molecule has 0 unspecified atom stereocenters. The van der Waals surface area contributed by atoms with E-state index in [1.54, 1.807) is 17.3 Å². The van der Waals surface area contributed by atoms with E-state index in [2.05, 4.69) is 20.3 Å². The van der Waals surface area contributed by atoms with E-state index in [1.165, 1.54) is 4.80 Å². The molecule has 1 aliphatic rings. The second-order valence-electron chi connectivity index (χ2n) is 6.09. The number of hydrogen-bond donors (Lipinski definition) is 0. The third-order valence-electron chi connectivity index (χ3n) is 3.17. The zero-order chi connectivity index (χ0) is 15.7. The van der Waals surface area contributed by atoms with Gasteiger partial charge in [0.2, 0.25) is 5.89 Å². The first-order valence-corrected chi connectivity index (χ1v) is 7.08. The lowest BCUT2D eigenvalue weighted by Crippen LogP contribution is -2.47. The number of ether oxygens (including phenoxy) is 1. The van der Waals surface area contributed by atoms with Gasteiger partial charge in [0.25, 0.3) is 0 Å². The van der Waals surface area contributed by atoms with Crippen molar-refractivity contribution in [3.63, 3.8) is 0 Å². The summed E-state index contributed by atoms with van der Waals surface area (Å²) in [5.74, 6) is 0.890. The fourth-order valence-electron chi connectivity index (χ4n) is 2.10. The molecule has 0 saturated carbocycles. The van der Waals surface area contributed by atoms with Crippen LogP contribution in [-0.4, -0.2) is 48.3 Å². The molecule has 1 fully saturated rings. The van der Waals surface area contributed by atoms with E-state index in [9.17, 15) is 4.79 Å². The first-order chi connectivity index (χ1) is 10.4. The van der Waals surface area contributed by atoms with E-state index < -0.39 is 5.60 Å². The van der Waals surface area contributed by atoms with Gasteiger partial charge in [-0.1, -0.05) is 5.16 Å². The first-order valence-electron chi connectivity index (χ1n) is 7.08. The van der Waals surface area contributed by atoms with Gasteiger partial charge < -0.3 is 9.26 Å². The van der Waals surface area contributed by atoms with Crippen molar-refractivity contribution in [1.82, 2.24) is 30.0 Å². The molecular formula is C13H18N6O3. The molecule has 1 aliphatic heterocycles. The SMILES string of the molecule is CC(C)(C)OC(=O)N1CC[C@@H]1c1nc(Cn2nccn2)no1. The van der Waals surface area contributed by atoms with Gasteiger partial charge in [-0.3, -0.25) is 4.90 Å². The van der Waals surface area contributed by atoms with Crippen molar-refractivity contribution in [2.75, 3.05) is 6.54 Å². The monoisotopic (exact) mass is 306 g/mol. The quantitative estimate of drug-likeness (QED) is 0.844. The van der Waals surface area contributed by atoms with Crippen LogP contribution in [0.15, 0.2) is 16.9 Å². The van der Waals surface area contributed by atoms with E-state index in [1.807, 2.05) is 20.8 Å². The fourth-order valence-corrected chi connectivity index (χ4v) is 2.10. The van der Waals surface area contributed by atoms with Crippen LogP contribution in [0.3, 0.4) is 0 Å². The number of hydrogen-bond acceptors (Lipinski definition) is 7. The van der Waals surface area contributed by atoms with Crippen LogP contribution < -0.4 is 0 Å². The van der Waals surface area contributed by atoms with E-state index in [4.69, 9.17) is 9.26 Å². The molecule has 2 aromatic heterocycles. The summed E-state index contributed by atoms with van der Waals surface area (Å²) in [5.41, 5.74) is -0.525. The lowest BCUT2D eigenvalue weighted by atomic mass is 10.0. The largest absolute Gasteiger partial charge is 0.444 e. The maximum absolute atomic E-state index is 12.1. The molecule has 9 heteroatoms. The van der Waals surface area contributed by atoms with Gasteiger partial charge in [0, 0.05) is 6.54 Å². The molecule has 9 nitrogen and oxygen atoms in total. The maximum atomic E-state index is 12.1. The second-order valence-corrected chi connectivity index (χ2v) is 6.09. The number of rotatable bonds is 3. The number of nitrogens with zero attached hydrogens (tertiary/aromatic N) is 6. The molecule has 0 N–H and O–H groups in total. The van der Waals surface area contributed by atoms with E-state index in [0.717, 1.165) is 6.42 Å². The molecule has 3 heterocycles. The van der Waals surface area contributed by atoms with Crippen molar-refractivity contribution in [3.05, 3.63) is 24.1 Å². The Morgan fingerprint density at radius 1 is 1.41 bits per heavy atom. The van der Waals surface area contributed by atoms with Crippen molar-refractivity contribution < 1.29 is 14.1 Å². The van der Waals surface area contributed by atoms with Gasteiger partial charge in [-0.2, -0.15) is 20.0 Å². The Labute approximate surface area is 127 Å². The number of aromatic nitrogens is 5. The molecule has 3 rings (SSSR count). The molecule has 0 aliphatic carbocycles. The first kappa shape index (κ1) is 14.5. The van der Waals surface area contributed by atoms with Gasteiger partial charge in [0.1, 0.15) is 18.2 Å². The lowest BCUT2D eigenvalue weighted by molar-refractivity contribution is -0.0119. The minimum atomic E-state index is -0.525. The summed E-state index contributed by atoms with van der Waals surface area (Å²) in [6.07, 6.45) is 3.58. The van der Waals surface area contributed by atoms with Gasteiger partial charge in [-0.15, -0.1) is 0 Å². The molecule has 118 valence electrons. The lowest BCUT2D eigenvalue weighted by Gasteiger charge is -2.39. The normalized spacial score (nSPS) is 18.1.